The van der Waals surface area contributed by atoms with Crippen LogP contribution in [0.4, 0.5) is 0 Å². The molecule has 152 valence electrons. The maximum absolute atomic E-state index is 12.3. The fraction of sp³-hybridized carbons (Fsp3) is 0.304. The van der Waals surface area contributed by atoms with Crippen LogP contribution in [0.3, 0.4) is 0 Å². The van der Waals surface area contributed by atoms with Gasteiger partial charge in [-0.15, -0.1) is 11.3 Å². The summed E-state index contributed by atoms with van der Waals surface area (Å²) in [6.45, 7) is 4.72. The number of hydrogen-bond donors (Lipinski definition) is 1. The van der Waals surface area contributed by atoms with Crippen LogP contribution in [0.1, 0.15) is 23.7 Å². The van der Waals surface area contributed by atoms with E-state index in [1.54, 1.807) is 25.4 Å². The van der Waals surface area contributed by atoms with Crippen molar-refractivity contribution < 1.29 is 14.3 Å². The van der Waals surface area contributed by atoms with E-state index in [9.17, 15) is 4.79 Å². The zero-order valence-electron chi connectivity index (χ0n) is 17.0. The summed E-state index contributed by atoms with van der Waals surface area (Å²) in [4.78, 5) is 16.9. The largest absolute Gasteiger partial charge is 0.497 e. The first-order chi connectivity index (χ1) is 14.0. The van der Waals surface area contributed by atoms with Gasteiger partial charge in [0.05, 0.1) is 19.4 Å². The Balaban J connectivity index is 1.42. The van der Waals surface area contributed by atoms with E-state index in [1.165, 1.54) is 5.56 Å². The van der Waals surface area contributed by atoms with Gasteiger partial charge in [-0.1, -0.05) is 42.0 Å². The standard InChI is InChI=1S/C23H26N2O3S/c1-16-7-9-19(10-8-16)23-25-20(15-29-23)11-12-24-22(26)17(2)28-14-18-5-4-6-21(13-18)27-3/h4-10,13,15,17H,11-12,14H2,1-3H3,(H,24,26). The second-order valence-electron chi connectivity index (χ2n) is 6.86. The molecule has 1 aromatic heterocycles. The number of amides is 1. The van der Waals surface area contributed by atoms with Gasteiger partial charge in [-0.05, 0) is 31.5 Å². The molecule has 1 amide bonds. The van der Waals surface area contributed by atoms with Crippen molar-refractivity contribution >= 4 is 17.2 Å². The van der Waals surface area contributed by atoms with Gasteiger partial charge in [0.15, 0.2) is 0 Å². The molecule has 5 nitrogen and oxygen atoms in total. The maximum atomic E-state index is 12.3. The molecule has 1 atom stereocenters. The summed E-state index contributed by atoms with van der Waals surface area (Å²) >= 11 is 1.62. The predicted molar refractivity (Wildman–Crippen MR) is 116 cm³/mol. The molecule has 2 aromatic carbocycles. The first kappa shape index (κ1) is 21.0. The van der Waals surface area contributed by atoms with Crippen molar-refractivity contribution in [1.29, 1.82) is 0 Å². The third-order valence-corrected chi connectivity index (χ3v) is 5.47. The van der Waals surface area contributed by atoms with Crippen LogP contribution in [0.25, 0.3) is 10.6 Å². The highest BCUT2D eigenvalue weighted by Gasteiger charge is 2.13. The molecule has 1 unspecified atom stereocenters. The van der Waals surface area contributed by atoms with Crippen molar-refractivity contribution in [2.45, 2.75) is 33.0 Å². The van der Waals surface area contributed by atoms with Gasteiger partial charge in [-0.2, -0.15) is 0 Å². The Kier molecular flexibility index (Phi) is 7.38. The van der Waals surface area contributed by atoms with Crippen molar-refractivity contribution in [1.82, 2.24) is 10.3 Å². The van der Waals surface area contributed by atoms with Gasteiger partial charge in [0.25, 0.3) is 0 Å². The number of ether oxygens (including phenoxy) is 2. The number of carbonyl (C=O) groups excluding carboxylic acids is 1. The summed E-state index contributed by atoms with van der Waals surface area (Å²) in [5.41, 5.74) is 4.30. The Morgan fingerprint density at radius 3 is 2.76 bits per heavy atom. The average Bonchev–Trinajstić information content (AvgIpc) is 3.21. The van der Waals surface area contributed by atoms with E-state index < -0.39 is 6.10 Å². The van der Waals surface area contributed by atoms with Crippen LogP contribution >= 0.6 is 11.3 Å². The minimum absolute atomic E-state index is 0.123. The number of aromatic nitrogens is 1. The number of rotatable bonds is 9. The molecule has 0 saturated carbocycles. The van der Waals surface area contributed by atoms with E-state index in [1.807, 2.05) is 29.6 Å². The minimum Gasteiger partial charge on any atom is -0.497 e. The molecular weight excluding hydrogens is 384 g/mol. The second kappa shape index (κ2) is 10.2. The first-order valence-electron chi connectivity index (χ1n) is 9.59. The molecule has 0 spiro atoms. The van der Waals surface area contributed by atoms with E-state index in [0.29, 0.717) is 19.6 Å². The highest BCUT2D eigenvalue weighted by molar-refractivity contribution is 7.13. The highest BCUT2D eigenvalue weighted by atomic mass is 32.1. The Bertz CT molecular complexity index is 937. The number of methoxy groups -OCH3 is 1. The number of carbonyl (C=O) groups is 1. The third-order valence-electron chi connectivity index (χ3n) is 4.53. The summed E-state index contributed by atoms with van der Waals surface area (Å²) in [6.07, 6.45) is 0.163. The molecule has 0 aliphatic rings. The summed E-state index contributed by atoms with van der Waals surface area (Å²) < 4.78 is 10.9. The number of benzene rings is 2. The van der Waals surface area contributed by atoms with Crippen LogP contribution in [0.5, 0.6) is 5.75 Å². The molecule has 3 rings (SSSR count). The van der Waals surface area contributed by atoms with E-state index >= 15 is 0 Å². The fourth-order valence-electron chi connectivity index (χ4n) is 2.77. The highest BCUT2D eigenvalue weighted by Crippen LogP contribution is 2.24. The van der Waals surface area contributed by atoms with Crippen LogP contribution in [0.15, 0.2) is 53.9 Å². The summed E-state index contributed by atoms with van der Waals surface area (Å²) in [5.74, 6) is 0.651. The van der Waals surface area contributed by atoms with Crippen LogP contribution in [0.2, 0.25) is 0 Å². The topological polar surface area (TPSA) is 60.5 Å². The van der Waals surface area contributed by atoms with Gasteiger partial charge in [0.2, 0.25) is 5.91 Å². The molecule has 0 saturated heterocycles. The zero-order valence-corrected chi connectivity index (χ0v) is 17.8. The predicted octanol–water partition coefficient (Wildman–Crippen LogP) is 4.39. The lowest BCUT2D eigenvalue weighted by molar-refractivity contribution is -0.132. The molecule has 1 heterocycles. The Morgan fingerprint density at radius 1 is 1.21 bits per heavy atom. The van der Waals surface area contributed by atoms with Crippen molar-refractivity contribution in [2.24, 2.45) is 0 Å². The number of aryl methyl sites for hydroxylation is 1. The molecule has 0 bridgehead atoms. The number of nitrogens with one attached hydrogen (secondary N) is 1. The number of thiazole rings is 1. The summed E-state index contributed by atoms with van der Waals surface area (Å²) in [6, 6.07) is 16.0. The lowest BCUT2D eigenvalue weighted by atomic mass is 10.2. The second-order valence-corrected chi connectivity index (χ2v) is 7.71. The molecule has 0 radical (unpaired) electrons. The van der Waals surface area contributed by atoms with E-state index in [2.05, 4.69) is 41.5 Å². The third kappa shape index (κ3) is 6.14. The Labute approximate surface area is 175 Å². The molecule has 1 N–H and O–H groups in total. The van der Waals surface area contributed by atoms with Gasteiger partial charge in [-0.25, -0.2) is 4.98 Å². The lowest BCUT2D eigenvalue weighted by Gasteiger charge is -2.13. The minimum atomic E-state index is -0.528. The number of nitrogens with zero attached hydrogens (tertiary/aromatic N) is 1. The molecule has 6 heteroatoms. The number of hydrogen-bond acceptors (Lipinski definition) is 5. The van der Waals surface area contributed by atoms with Gasteiger partial charge >= 0.3 is 0 Å². The first-order valence-corrected chi connectivity index (χ1v) is 10.5. The molecule has 0 aliphatic heterocycles. The van der Waals surface area contributed by atoms with Crippen LogP contribution < -0.4 is 10.1 Å². The lowest BCUT2D eigenvalue weighted by Crippen LogP contribution is -2.35. The average molecular weight is 411 g/mol. The molecule has 29 heavy (non-hydrogen) atoms. The molecular formula is C23H26N2O3S. The van der Waals surface area contributed by atoms with Crippen molar-refractivity contribution in [2.75, 3.05) is 13.7 Å². The van der Waals surface area contributed by atoms with Crippen molar-refractivity contribution in [3.63, 3.8) is 0 Å². The monoisotopic (exact) mass is 410 g/mol. The van der Waals surface area contributed by atoms with Gasteiger partial charge in [0.1, 0.15) is 16.9 Å². The SMILES string of the molecule is COc1cccc(COC(C)C(=O)NCCc2csc(-c3ccc(C)cc3)n2)c1. The van der Waals surface area contributed by atoms with E-state index in [4.69, 9.17) is 9.47 Å². The zero-order chi connectivity index (χ0) is 20.6. The van der Waals surface area contributed by atoms with E-state index in [0.717, 1.165) is 27.6 Å². The fourth-order valence-corrected chi connectivity index (χ4v) is 3.63. The summed E-state index contributed by atoms with van der Waals surface area (Å²) in [5, 5.41) is 5.97. The Hall–Kier alpha value is -2.70. The van der Waals surface area contributed by atoms with Crippen molar-refractivity contribution in [3.05, 3.63) is 70.7 Å². The normalized spacial score (nSPS) is 11.8. The van der Waals surface area contributed by atoms with E-state index in [-0.39, 0.29) is 5.91 Å². The van der Waals surface area contributed by atoms with Crippen LogP contribution in [-0.2, 0) is 22.6 Å². The quantitative estimate of drug-likeness (QED) is 0.568. The smallest absolute Gasteiger partial charge is 0.248 e. The Morgan fingerprint density at radius 2 is 2.00 bits per heavy atom. The molecule has 0 fully saturated rings. The van der Waals surface area contributed by atoms with Crippen LogP contribution in [-0.4, -0.2) is 30.6 Å². The van der Waals surface area contributed by atoms with Gasteiger partial charge in [0, 0.05) is 23.9 Å². The maximum Gasteiger partial charge on any atom is 0.248 e. The van der Waals surface area contributed by atoms with Gasteiger partial charge in [-0.3, -0.25) is 4.79 Å². The summed E-state index contributed by atoms with van der Waals surface area (Å²) in [7, 11) is 1.63. The molecule has 3 aromatic rings. The molecule has 0 aliphatic carbocycles. The van der Waals surface area contributed by atoms with Gasteiger partial charge < -0.3 is 14.8 Å². The van der Waals surface area contributed by atoms with Crippen LogP contribution in [0, 0.1) is 6.92 Å². The van der Waals surface area contributed by atoms with Crippen molar-refractivity contribution in [3.8, 4) is 16.3 Å².